The van der Waals surface area contributed by atoms with Crippen molar-refractivity contribution in [3.63, 3.8) is 0 Å². The van der Waals surface area contributed by atoms with E-state index in [4.69, 9.17) is 4.99 Å². The third-order valence-corrected chi connectivity index (χ3v) is 6.24. The van der Waals surface area contributed by atoms with Crippen molar-refractivity contribution < 1.29 is 0 Å². The first-order valence-corrected chi connectivity index (χ1v) is 10.6. The maximum atomic E-state index is 4.87. The van der Waals surface area contributed by atoms with Gasteiger partial charge in [0.1, 0.15) is 0 Å². The Hall–Kier alpha value is -1.07. The average molecular weight is 365 g/mol. The highest BCUT2D eigenvalue weighted by molar-refractivity contribution is 7.10. The van der Waals surface area contributed by atoms with Crippen molar-refractivity contribution in [3.8, 4) is 0 Å². The van der Waals surface area contributed by atoms with Gasteiger partial charge in [-0.1, -0.05) is 19.9 Å². The van der Waals surface area contributed by atoms with E-state index in [1.165, 1.54) is 30.8 Å². The summed E-state index contributed by atoms with van der Waals surface area (Å²) in [7, 11) is 0. The lowest BCUT2D eigenvalue weighted by molar-refractivity contribution is 0.141. The summed E-state index contributed by atoms with van der Waals surface area (Å²) in [6, 6.07) is 4.98. The van der Waals surface area contributed by atoms with E-state index in [1.54, 1.807) is 0 Å². The lowest BCUT2D eigenvalue weighted by Crippen LogP contribution is -2.46. The second kappa shape index (κ2) is 9.58. The van der Waals surface area contributed by atoms with E-state index in [9.17, 15) is 0 Å². The molecule has 0 amide bonds. The molecule has 0 aromatic carbocycles. The highest BCUT2D eigenvalue weighted by Crippen LogP contribution is 2.27. The van der Waals surface area contributed by atoms with Gasteiger partial charge in [0.05, 0.1) is 6.54 Å². The fourth-order valence-corrected chi connectivity index (χ4v) is 4.18. The smallest absolute Gasteiger partial charge is 0.191 e. The van der Waals surface area contributed by atoms with Gasteiger partial charge in [-0.15, -0.1) is 11.3 Å². The number of hydrogen-bond acceptors (Lipinski definition) is 3. The second-order valence-corrected chi connectivity index (χ2v) is 8.98. The molecule has 0 bridgehead atoms. The SMILES string of the molecule is CCNC(=NCC(C)(C)c1cccs1)NCC1CCCN(C(C)C)C1. The number of nitrogens with one attached hydrogen (secondary N) is 2. The van der Waals surface area contributed by atoms with Crippen molar-refractivity contribution in [2.75, 3.05) is 32.7 Å². The van der Waals surface area contributed by atoms with Crippen LogP contribution < -0.4 is 10.6 Å². The van der Waals surface area contributed by atoms with Gasteiger partial charge < -0.3 is 15.5 Å². The molecule has 2 rings (SSSR count). The first-order valence-electron chi connectivity index (χ1n) is 9.72. The summed E-state index contributed by atoms with van der Waals surface area (Å²) < 4.78 is 0. The van der Waals surface area contributed by atoms with Gasteiger partial charge in [0.15, 0.2) is 5.96 Å². The summed E-state index contributed by atoms with van der Waals surface area (Å²) in [4.78, 5) is 8.86. The largest absolute Gasteiger partial charge is 0.357 e. The Morgan fingerprint density at radius 3 is 2.84 bits per heavy atom. The van der Waals surface area contributed by atoms with Gasteiger partial charge in [-0.05, 0) is 57.5 Å². The highest BCUT2D eigenvalue weighted by Gasteiger charge is 2.23. The summed E-state index contributed by atoms with van der Waals surface area (Å²) in [5, 5.41) is 9.13. The average Bonchev–Trinajstić information content (AvgIpc) is 3.13. The van der Waals surface area contributed by atoms with Gasteiger partial charge in [-0.25, -0.2) is 0 Å². The zero-order valence-electron chi connectivity index (χ0n) is 16.6. The third kappa shape index (κ3) is 6.30. The summed E-state index contributed by atoms with van der Waals surface area (Å²) in [5.41, 5.74) is 0.0792. The maximum Gasteiger partial charge on any atom is 0.191 e. The van der Waals surface area contributed by atoms with Gasteiger partial charge in [0, 0.05) is 36.0 Å². The van der Waals surface area contributed by atoms with Crippen molar-refractivity contribution in [1.82, 2.24) is 15.5 Å². The Balaban J connectivity index is 1.89. The summed E-state index contributed by atoms with van der Waals surface area (Å²) in [6.45, 7) is 16.4. The fourth-order valence-electron chi connectivity index (χ4n) is 3.33. The van der Waals surface area contributed by atoms with Crippen LogP contribution in [0.1, 0.15) is 52.3 Å². The van der Waals surface area contributed by atoms with Crippen LogP contribution in [-0.2, 0) is 5.41 Å². The topological polar surface area (TPSA) is 39.7 Å². The minimum atomic E-state index is 0.0792. The minimum absolute atomic E-state index is 0.0792. The molecule has 1 saturated heterocycles. The lowest BCUT2D eigenvalue weighted by Gasteiger charge is -2.35. The molecular weight excluding hydrogens is 328 g/mol. The van der Waals surface area contributed by atoms with Crippen molar-refractivity contribution in [2.45, 2.75) is 58.9 Å². The molecule has 0 saturated carbocycles. The molecule has 5 heteroatoms. The van der Waals surface area contributed by atoms with Gasteiger partial charge in [-0.2, -0.15) is 0 Å². The highest BCUT2D eigenvalue weighted by atomic mass is 32.1. The van der Waals surface area contributed by atoms with E-state index in [1.807, 2.05) is 11.3 Å². The summed E-state index contributed by atoms with van der Waals surface area (Å²) >= 11 is 1.82. The number of piperidine rings is 1. The maximum absolute atomic E-state index is 4.87. The van der Waals surface area contributed by atoms with Gasteiger partial charge in [-0.3, -0.25) is 4.99 Å². The number of likely N-dealkylation sites (tertiary alicyclic amines) is 1. The molecule has 1 aromatic heterocycles. The number of thiophene rings is 1. The number of rotatable bonds is 7. The molecule has 4 nitrogen and oxygen atoms in total. The molecule has 1 atom stereocenters. The Morgan fingerprint density at radius 2 is 2.20 bits per heavy atom. The molecule has 1 aliphatic heterocycles. The number of aliphatic imine (C=N–C) groups is 1. The lowest BCUT2D eigenvalue weighted by atomic mass is 9.92. The Bertz CT molecular complexity index is 522. The van der Waals surface area contributed by atoms with Crippen LogP contribution in [0.25, 0.3) is 0 Å². The van der Waals surface area contributed by atoms with E-state index >= 15 is 0 Å². The molecule has 1 unspecified atom stereocenters. The molecule has 142 valence electrons. The van der Waals surface area contributed by atoms with E-state index < -0.39 is 0 Å². The predicted octanol–water partition coefficient (Wildman–Crippen LogP) is 3.70. The van der Waals surface area contributed by atoms with Crippen molar-refractivity contribution >= 4 is 17.3 Å². The molecule has 2 N–H and O–H groups in total. The Morgan fingerprint density at radius 1 is 1.40 bits per heavy atom. The first kappa shape index (κ1) is 20.2. The van der Waals surface area contributed by atoms with Crippen LogP contribution in [0.4, 0.5) is 0 Å². The quantitative estimate of drug-likeness (QED) is 0.572. The van der Waals surface area contributed by atoms with Gasteiger partial charge in [0.25, 0.3) is 0 Å². The Kier molecular flexibility index (Phi) is 7.76. The summed E-state index contributed by atoms with van der Waals surface area (Å²) in [5.74, 6) is 1.67. The monoisotopic (exact) mass is 364 g/mol. The van der Waals surface area contributed by atoms with Crippen LogP contribution in [0.5, 0.6) is 0 Å². The summed E-state index contributed by atoms with van der Waals surface area (Å²) in [6.07, 6.45) is 2.62. The van der Waals surface area contributed by atoms with Crippen LogP contribution >= 0.6 is 11.3 Å². The van der Waals surface area contributed by atoms with Crippen LogP contribution in [0.15, 0.2) is 22.5 Å². The Labute approximate surface area is 158 Å². The van der Waals surface area contributed by atoms with Gasteiger partial charge in [0.2, 0.25) is 0 Å². The van der Waals surface area contributed by atoms with E-state index in [0.29, 0.717) is 12.0 Å². The van der Waals surface area contributed by atoms with E-state index in [2.05, 4.69) is 67.7 Å². The predicted molar refractivity (Wildman–Crippen MR) is 111 cm³/mol. The molecule has 0 spiro atoms. The van der Waals surface area contributed by atoms with Crippen molar-refractivity contribution in [3.05, 3.63) is 22.4 Å². The second-order valence-electron chi connectivity index (χ2n) is 8.03. The van der Waals surface area contributed by atoms with Crippen LogP contribution in [0, 0.1) is 5.92 Å². The number of nitrogens with zero attached hydrogens (tertiary/aromatic N) is 2. The molecule has 1 aromatic rings. The van der Waals surface area contributed by atoms with Crippen LogP contribution in [0.3, 0.4) is 0 Å². The van der Waals surface area contributed by atoms with Crippen LogP contribution in [0.2, 0.25) is 0 Å². The molecule has 1 aliphatic rings. The van der Waals surface area contributed by atoms with Crippen molar-refractivity contribution in [2.24, 2.45) is 10.9 Å². The fraction of sp³-hybridized carbons (Fsp3) is 0.750. The van der Waals surface area contributed by atoms with Crippen LogP contribution in [-0.4, -0.2) is 49.6 Å². The molecule has 0 radical (unpaired) electrons. The normalized spacial score (nSPS) is 20.1. The third-order valence-electron chi connectivity index (χ3n) is 5.00. The first-order chi connectivity index (χ1) is 11.9. The van der Waals surface area contributed by atoms with Gasteiger partial charge >= 0.3 is 0 Å². The number of hydrogen-bond donors (Lipinski definition) is 2. The number of guanidine groups is 1. The molecule has 25 heavy (non-hydrogen) atoms. The standard InChI is InChI=1S/C20H36N4S/c1-6-21-19(23-15-20(4,5)18-10-8-12-25-18)22-13-17-9-7-11-24(14-17)16(2)3/h8,10,12,16-17H,6-7,9,11,13-15H2,1-5H3,(H2,21,22,23). The van der Waals surface area contributed by atoms with Crippen molar-refractivity contribution in [1.29, 1.82) is 0 Å². The molecular formula is C20H36N4S. The zero-order valence-corrected chi connectivity index (χ0v) is 17.5. The van der Waals surface area contributed by atoms with E-state index in [0.717, 1.165) is 25.6 Å². The molecule has 1 fully saturated rings. The zero-order chi connectivity index (χ0) is 18.3. The minimum Gasteiger partial charge on any atom is -0.357 e. The molecule has 0 aliphatic carbocycles. The van der Waals surface area contributed by atoms with E-state index in [-0.39, 0.29) is 5.41 Å². The molecule has 2 heterocycles.